The Morgan fingerprint density at radius 3 is 2.40 bits per heavy atom. The molecule has 2 saturated carbocycles. The van der Waals surface area contributed by atoms with E-state index in [0.29, 0.717) is 5.92 Å². The SMILES string of the molecule is O=C(O)[C@@H]1C[C@@H]2CCC1C2. The zero-order chi connectivity index (χ0) is 7.14. The minimum atomic E-state index is -0.563. The molecule has 2 rings (SSSR count). The van der Waals surface area contributed by atoms with Crippen LogP contribution in [0, 0.1) is 17.8 Å². The summed E-state index contributed by atoms with van der Waals surface area (Å²) in [6.45, 7) is 0. The Bertz CT molecular complexity index is 165. The zero-order valence-electron chi connectivity index (χ0n) is 5.92. The molecule has 0 saturated heterocycles. The Hall–Kier alpha value is -0.530. The standard InChI is InChI=1S/C8H12O2/c9-8(10)7-4-5-1-2-6(7)3-5/h5-7H,1-4H2,(H,9,10)/t5-,6?,7-/m1/s1. The summed E-state index contributed by atoms with van der Waals surface area (Å²) in [6, 6.07) is 0. The molecule has 2 bridgehead atoms. The first-order chi connectivity index (χ1) is 4.77. The van der Waals surface area contributed by atoms with Gasteiger partial charge >= 0.3 is 5.97 Å². The average Bonchev–Trinajstić information content (AvgIpc) is 2.44. The van der Waals surface area contributed by atoms with Crippen LogP contribution in [0.25, 0.3) is 0 Å². The Kier molecular flexibility index (Phi) is 1.22. The van der Waals surface area contributed by atoms with Gasteiger partial charge < -0.3 is 5.11 Å². The van der Waals surface area contributed by atoms with Crippen LogP contribution in [0.4, 0.5) is 0 Å². The van der Waals surface area contributed by atoms with Crippen molar-refractivity contribution in [2.24, 2.45) is 17.8 Å². The normalized spacial score (nSPS) is 44.2. The molecule has 0 amide bonds. The highest BCUT2D eigenvalue weighted by molar-refractivity contribution is 5.71. The fourth-order valence-electron chi connectivity index (χ4n) is 2.55. The van der Waals surface area contributed by atoms with Crippen LogP contribution >= 0.6 is 0 Å². The van der Waals surface area contributed by atoms with Crippen molar-refractivity contribution in [3.05, 3.63) is 0 Å². The summed E-state index contributed by atoms with van der Waals surface area (Å²) in [7, 11) is 0. The highest BCUT2D eigenvalue weighted by atomic mass is 16.4. The molecule has 1 N–H and O–H groups in total. The van der Waals surface area contributed by atoms with Crippen LogP contribution in [0.3, 0.4) is 0 Å². The van der Waals surface area contributed by atoms with Crippen molar-refractivity contribution in [3.63, 3.8) is 0 Å². The van der Waals surface area contributed by atoms with Gasteiger partial charge in [-0.3, -0.25) is 4.79 Å². The van der Waals surface area contributed by atoms with E-state index in [0.717, 1.165) is 12.3 Å². The van der Waals surface area contributed by atoms with E-state index in [1.807, 2.05) is 0 Å². The van der Waals surface area contributed by atoms with Gasteiger partial charge in [-0.1, -0.05) is 6.42 Å². The predicted molar refractivity (Wildman–Crippen MR) is 36.6 cm³/mol. The molecule has 0 aromatic heterocycles. The van der Waals surface area contributed by atoms with E-state index < -0.39 is 5.97 Å². The number of hydrogen-bond acceptors (Lipinski definition) is 1. The van der Waals surface area contributed by atoms with E-state index in [9.17, 15) is 4.79 Å². The number of fused-ring (bicyclic) bond motifs is 2. The lowest BCUT2D eigenvalue weighted by molar-refractivity contribution is -0.143. The second-order valence-electron chi connectivity index (χ2n) is 3.62. The first kappa shape index (κ1) is 6.20. The van der Waals surface area contributed by atoms with Gasteiger partial charge in [0.15, 0.2) is 0 Å². The molecule has 2 fully saturated rings. The number of aliphatic carboxylic acids is 1. The van der Waals surface area contributed by atoms with Crippen LogP contribution in [0.15, 0.2) is 0 Å². The van der Waals surface area contributed by atoms with E-state index in [1.165, 1.54) is 19.3 Å². The maximum absolute atomic E-state index is 10.6. The van der Waals surface area contributed by atoms with E-state index in [1.54, 1.807) is 0 Å². The molecule has 2 nitrogen and oxygen atoms in total. The number of rotatable bonds is 1. The van der Waals surface area contributed by atoms with Gasteiger partial charge in [-0.25, -0.2) is 0 Å². The third-order valence-electron chi connectivity index (χ3n) is 3.06. The van der Waals surface area contributed by atoms with E-state index in [4.69, 9.17) is 5.11 Å². The highest BCUT2D eigenvalue weighted by Gasteiger charge is 2.42. The minimum absolute atomic E-state index is 0.0127. The van der Waals surface area contributed by atoms with Crippen LogP contribution in [0.2, 0.25) is 0 Å². The van der Waals surface area contributed by atoms with Crippen LogP contribution < -0.4 is 0 Å². The summed E-state index contributed by atoms with van der Waals surface area (Å²) < 4.78 is 0. The van der Waals surface area contributed by atoms with Gasteiger partial charge in [0.25, 0.3) is 0 Å². The maximum Gasteiger partial charge on any atom is 0.306 e. The molecule has 0 radical (unpaired) electrons. The molecule has 0 spiro atoms. The summed E-state index contributed by atoms with van der Waals surface area (Å²) >= 11 is 0. The molecule has 10 heavy (non-hydrogen) atoms. The van der Waals surface area contributed by atoms with Crippen molar-refractivity contribution in [3.8, 4) is 0 Å². The Labute approximate surface area is 60.2 Å². The summed E-state index contributed by atoms with van der Waals surface area (Å²) in [6.07, 6.45) is 4.60. The number of carbonyl (C=O) groups is 1. The van der Waals surface area contributed by atoms with Gasteiger partial charge in [-0.15, -0.1) is 0 Å². The Morgan fingerprint density at radius 2 is 2.10 bits per heavy atom. The molecular formula is C8H12O2. The third kappa shape index (κ3) is 0.746. The predicted octanol–water partition coefficient (Wildman–Crippen LogP) is 1.51. The Morgan fingerprint density at radius 1 is 1.30 bits per heavy atom. The molecular weight excluding hydrogens is 128 g/mol. The van der Waals surface area contributed by atoms with E-state index in [-0.39, 0.29) is 5.92 Å². The topological polar surface area (TPSA) is 37.3 Å². The van der Waals surface area contributed by atoms with Gasteiger partial charge in [-0.05, 0) is 31.1 Å². The second kappa shape index (κ2) is 1.97. The van der Waals surface area contributed by atoms with Crippen LogP contribution in [-0.4, -0.2) is 11.1 Å². The number of hydrogen-bond donors (Lipinski definition) is 1. The van der Waals surface area contributed by atoms with Crippen molar-refractivity contribution < 1.29 is 9.90 Å². The smallest absolute Gasteiger partial charge is 0.306 e. The van der Waals surface area contributed by atoms with Crippen LogP contribution in [0.5, 0.6) is 0 Å². The minimum Gasteiger partial charge on any atom is -0.481 e. The summed E-state index contributed by atoms with van der Waals surface area (Å²) in [4.78, 5) is 10.6. The van der Waals surface area contributed by atoms with Crippen molar-refractivity contribution in [2.75, 3.05) is 0 Å². The first-order valence-corrected chi connectivity index (χ1v) is 4.00. The van der Waals surface area contributed by atoms with E-state index in [2.05, 4.69) is 0 Å². The van der Waals surface area contributed by atoms with Gasteiger partial charge in [-0.2, -0.15) is 0 Å². The largest absolute Gasteiger partial charge is 0.481 e. The van der Waals surface area contributed by atoms with Gasteiger partial charge in [0, 0.05) is 0 Å². The van der Waals surface area contributed by atoms with Crippen molar-refractivity contribution in [2.45, 2.75) is 25.7 Å². The molecule has 0 aromatic rings. The molecule has 0 aromatic carbocycles. The summed E-state index contributed by atoms with van der Waals surface area (Å²) in [5, 5.41) is 8.74. The molecule has 56 valence electrons. The lowest BCUT2D eigenvalue weighted by Crippen LogP contribution is -2.19. The zero-order valence-corrected chi connectivity index (χ0v) is 5.92. The summed E-state index contributed by atoms with van der Waals surface area (Å²) in [5.74, 6) is 0.736. The second-order valence-corrected chi connectivity index (χ2v) is 3.62. The van der Waals surface area contributed by atoms with Crippen LogP contribution in [0.1, 0.15) is 25.7 Å². The average molecular weight is 140 g/mol. The Balaban J connectivity index is 2.08. The number of carboxylic acid groups (broad SMARTS) is 1. The molecule has 2 aliphatic rings. The number of carboxylic acids is 1. The quantitative estimate of drug-likeness (QED) is 0.599. The summed E-state index contributed by atoms with van der Waals surface area (Å²) in [5.41, 5.74) is 0. The van der Waals surface area contributed by atoms with Gasteiger partial charge in [0.2, 0.25) is 0 Å². The molecule has 0 heterocycles. The molecule has 1 unspecified atom stereocenters. The lowest BCUT2D eigenvalue weighted by Gasteiger charge is -2.16. The molecule has 0 aliphatic heterocycles. The van der Waals surface area contributed by atoms with Crippen LogP contribution in [-0.2, 0) is 4.79 Å². The molecule has 2 heteroatoms. The highest BCUT2D eigenvalue weighted by Crippen LogP contribution is 2.48. The monoisotopic (exact) mass is 140 g/mol. The van der Waals surface area contributed by atoms with Crippen molar-refractivity contribution in [1.82, 2.24) is 0 Å². The van der Waals surface area contributed by atoms with Crippen molar-refractivity contribution in [1.29, 1.82) is 0 Å². The molecule has 2 aliphatic carbocycles. The third-order valence-corrected chi connectivity index (χ3v) is 3.06. The molecule has 3 atom stereocenters. The lowest BCUT2D eigenvalue weighted by atomic mass is 9.89. The van der Waals surface area contributed by atoms with Gasteiger partial charge in [0.05, 0.1) is 5.92 Å². The van der Waals surface area contributed by atoms with Gasteiger partial charge in [0.1, 0.15) is 0 Å². The van der Waals surface area contributed by atoms with E-state index >= 15 is 0 Å². The first-order valence-electron chi connectivity index (χ1n) is 4.00. The maximum atomic E-state index is 10.6. The fourth-order valence-corrected chi connectivity index (χ4v) is 2.55. The fraction of sp³-hybridized carbons (Fsp3) is 0.875. The van der Waals surface area contributed by atoms with Crippen molar-refractivity contribution >= 4 is 5.97 Å².